The molecule has 27 heavy (non-hydrogen) atoms. The summed E-state index contributed by atoms with van der Waals surface area (Å²) in [5, 5.41) is 3.28. The number of sulfone groups is 1. The Balaban J connectivity index is 0.00000261. The lowest BCUT2D eigenvalue weighted by Gasteiger charge is -2.39. The molecule has 0 amide bonds. The van der Waals surface area contributed by atoms with Gasteiger partial charge in [-0.25, -0.2) is 18.4 Å². The molecule has 2 aromatic rings. The van der Waals surface area contributed by atoms with Crippen LogP contribution in [0.1, 0.15) is 32.0 Å². The molecule has 0 atom stereocenters. The van der Waals surface area contributed by atoms with E-state index in [9.17, 15) is 8.42 Å². The van der Waals surface area contributed by atoms with Gasteiger partial charge in [-0.15, -0.1) is 24.0 Å². The van der Waals surface area contributed by atoms with E-state index >= 15 is 0 Å². The van der Waals surface area contributed by atoms with Crippen molar-refractivity contribution in [2.24, 2.45) is 4.99 Å². The van der Waals surface area contributed by atoms with Crippen LogP contribution in [0.25, 0.3) is 5.65 Å². The molecule has 0 aliphatic carbocycles. The van der Waals surface area contributed by atoms with E-state index in [2.05, 4.69) is 10.3 Å². The van der Waals surface area contributed by atoms with Crippen LogP contribution in [0.4, 0.5) is 0 Å². The fourth-order valence-electron chi connectivity index (χ4n) is 3.12. The van der Waals surface area contributed by atoms with E-state index in [4.69, 9.17) is 4.99 Å². The Morgan fingerprint density at radius 3 is 2.81 bits per heavy atom. The van der Waals surface area contributed by atoms with Gasteiger partial charge >= 0.3 is 0 Å². The zero-order chi connectivity index (χ0) is 18.9. The van der Waals surface area contributed by atoms with E-state index in [-0.39, 0.29) is 29.7 Å². The zero-order valence-corrected chi connectivity index (χ0v) is 19.4. The highest BCUT2D eigenvalue weighted by Gasteiger charge is 2.40. The SMILES string of the molecule is CCNC(=NCc1cn2ccc(C)cc2n1)N1CCS(=O)(=O)C(C)(C)C1.I. The molecular weight excluding hydrogens is 477 g/mol. The minimum Gasteiger partial charge on any atom is -0.357 e. The molecule has 3 rings (SSSR count). The molecule has 0 aromatic carbocycles. The minimum atomic E-state index is -3.07. The summed E-state index contributed by atoms with van der Waals surface area (Å²) in [7, 11) is -3.07. The molecule has 9 heteroatoms. The number of nitrogens with one attached hydrogen (secondary N) is 1. The van der Waals surface area contributed by atoms with E-state index in [1.807, 2.05) is 47.7 Å². The van der Waals surface area contributed by atoms with Crippen LogP contribution in [0.2, 0.25) is 0 Å². The summed E-state index contributed by atoms with van der Waals surface area (Å²) < 4.78 is 25.7. The third-order valence-electron chi connectivity index (χ3n) is 4.73. The number of aliphatic imine (C=N–C) groups is 1. The number of halogens is 1. The molecule has 2 aromatic heterocycles. The first-order valence-electron chi connectivity index (χ1n) is 8.92. The third-order valence-corrected chi connectivity index (χ3v) is 7.27. The van der Waals surface area contributed by atoms with Gasteiger partial charge < -0.3 is 14.6 Å². The van der Waals surface area contributed by atoms with E-state index in [1.165, 1.54) is 5.56 Å². The number of aromatic nitrogens is 2. The van der Waals surface area contributed by atoms with Crippen LogP contribution in [0.3, 0.4) is 0 Å². The average molecular weight is 505 g/mol. The molecule has 1 saturated heterocycles. The molecule has 150 valence electrons. The van der Waals surface area contributed by atoms with Crippen molar-refractivity contribution >= 4 is 45.4 Å². The van der Waals surface area contributed by atoms with Crippen LogP contribution in [0.5, 0.6) is 0 Å². The lowest BCUT2D eigenvalue weighted by atomic mass is 10.2. The molecule has 1 aliphatic rings. The van der Waals surface area contributed by atoms with Crippen LogP contribution in [-0.2, 0) is 16.4 Å². The van der Waals surface area contributed by atoms with Crippen LogP contribution < -0.4 is 5.32 Å². The number of rotatable bonds is 3. The summed E-state index contributed by atoms with van der Waals surface area (Å²) >= 11 is 0. The first-order chi connectivity index (χ1) is 12.2. The van der Waals surface area contributed by atoms with Gasteiger partial charge in [0.2, 0.25) is 0 Å². The molecule has 1 aliphatic heterocycles. The van der Waals surface area contributed by atoms with Crippen molar-refractivity contribution in [3.8, 4) is 0 Å². The molecule has 0 radical (unpaired) electrons. The predicted molar refractivity (Wildman–Crippen MR) is 120 cm³/mol. The Morgan fingerprint density at radius 2 is 2.15 bits per heavy atom. The monoisotopic (exact) mass is 505 g/mol. The van der Waals surface area contributed by atoms with Crippen LogP contribution in [-0.4, -0.2) is 58.8 Å². The van der Waals surface area contributed by atoms with Crippen LogP contribution in [0.15, 0.2) is 29.5 Å². The van der Waals surface area contributed by atoms with Crippen molar-refractivity contribution in [1.29, 1.82) is 0 Å². The predicted octanol–water partition coefficient (Wildman–Crippen LogP) is 2.24. The Labute approximate surface area is 178 Å². The standard InChI is InChI=1S/C18H27N5O2S.HI/c1-5-19-17(23-8-9-26(24,25)18(3,4)13-23)20-11-15-12-22-7-6-14(2)10-16(22)21-15;/h6-7,10,12H,5,8-9,11,13H2,1-4H3,(H,19,20);1H. The Hall–Kier alpha value is -1.36. The first-order valence-corrected chi connectivity index (χ1v) is 10.6. The number of fused-ring (bicyclic) bond motifs is 1. The van der Waals surface area contributed by atoms with Gasteiger partial charge in [0.15, 0.2) is 15.8 Å². The highest BCUT2D eigenvalue weighted by Crippen LogP contribution is 2.23. The second-order valence-electron chi connectivity index (χ2n) is 7.37. The number of imidazole rings is 1. The molecule has 1 fully saturated rings. The van der Waals surface area contributed by atoms with Gasteiger partial charge in [0.05, 0.1) is 22.7 Å². The molecule has 1 N–H and O–H groups in total. The van der Waals surface area contributed by atoms with Crippen molar-refractivity contribution < 1.29 is 8.42 Å². The lowest BCUT2D eigenvalue weighted by molar-refractivity contribution is 0.353. The second-order valence-corrected chi connectivity index (χ2v) is 10.1. The minimum absolute atomic E-state index is 0. The van der Waals surface area contributed by atoms with Gasteiger partial charge in [-0.1, -0.05) is 0 Å². The number of hydrogen-bond acceptors (Lipinski definition) is 4. The lowest BCUT2D eigenvalue weighted by Crippen LogP contribution is -2.57. The summed E-state index contributed by atoms with van der Waals surface area (Å²) in [5.74, 6) is 0.890. The van der Waals surface area contributed by atoms with Gasteiger partial charge in [-0.3, -0.25) is 0 Å². The number of hydrogen-bond donors (Lipinski definition) is 1. The zero-order valence-electron chi connectivity index (χ0n) is 16.3. The summed E-state index contributed by atoms with van der Waals surface area (Å²) in [6.45, 7) is 9.69. The van der Waals surface area contributed by atoms with Gasteiger partial charge in [-0.2, -0.15) is 0 Å². The Kier molecular flexibility index (Phi) is 6.77. The summed E-state index contributed by atoms with van der Waals surface area (Å²) in [5.41, 5.74) is 2.96. The van der Waals surface area contributed by atoms with Gasteiger partial charge in [0.1, 0.15) is 5.65 Å². The molecule has 0 spiro atoms. The van der Waals surface area contributed by atoms with Gasteiger partial charge in [0.25, 0.3) is 0 Å². The van der Waals surface area contributed by atoms with E-state index < -0.39 is 14.6 Å². The quantitative estimate of drug-likeness (QED) is 0.394. The fourth-order valence-corrected chi connectivity index (χ4v) is 4.48. The second kappa shape index (κ2) is 8.34. The molecule has 7 nitrogen and oxygen atoms in total. The molecular formula is C18H28IN5O2S. The number of guanidine groups is 1. The van der Waals surface area contributed by atoms with Crippen molar-refractivity contribution in [1.82, 2.24) is 19.6 Å². The highest BCUT2D eigenvalue weighted by atomic mass is 127. The number of nitrogens with zero attached hydrogens (tertiary/aromatic N) is 4. The third kappa shape index (κ3) is 4.74. The summed E-state index contributed by atoms with van der Waals surface area (Å²) in [6, 6.07) is 4.08. The largest absolute Gasteiger partial charge is 0.357 e. The summed E-state index contributed by atoms with van der Waals surface area (Å²) in [4.78, 5) is 11.3. The molecule has 3 heterocycles. The van der Waals surface area contributed by atoms with Crippen molar-refractivity contribution in [2.75, 3.05) is 25.4 Å². The van der Waals surface area contributed by atoms with Crippen molar-refractivity contribution in [3.05, 3.63) is 35.8 Å². The number of aryl methyl sites for hydroxylation is 1. The maximum atomic E-state index is 12.2. The molecule has 0 unspecified atom stereocenters. The highest BCUT2D eigenvalue weighted by molar-refractivity contribution is 14.0. The molecule has 0 bridgehead atoms. The average Bonchev–Trinajstić information content (AvgIpc) is 2.96. The van der Waals surface area contributed by atoms with E-state index in [1.54, 1.807) is 13.8 Å². The fraction of sp³-hybridized carbons (Fsp3) is 0.556. The Morgan fingerprint density at radius 1 is 1.41 bits per heavy atom. The van der Waals surface area contributed by atoms with Crippen molar-refractivity contribution in [2.45, 2.75) is 39.0 Å². The first kappa shape index (κ1) is 21.9. The van der Waals surface area contributed by atoms with E-state index in [0.29, 0.717) is 19.6 Å². The van der Waals surface area contributed by atoms with Gasteiger partial charge in [0, 0.05) is 32.0 Å². The Bertz CT molecular complexity index is 936. The van der Waals surface area contributed by atoms with Crippen LogP contribution >= 0.6 is 24.0 Å². The van der Waals surface area contributed by atoms with Crippen molar-refractivity contribution in [3.63, 3.8) is 0 Å². The summed E-state index contributed by atoms with van der Waals surface area (Å²) in [6.07, 6.45) is 3.97. The smallest absolute Gasteiger partial charge is 0.194 e. The van der Waals surface area contributed by atoms with Crippen LogP contribution in [0, 0.1) is 6.92 Å². The molecule has 0 saturated carbocycles. The maximum Gasteiger partial charge on any atom is 0.194 e. The topological polar surface area (TPSA) is 79.1 Å². The normalized spacial score (nSPS) is 19.0. The maximum absolute atomic E-state index is 12.2. The number of pyridine rings is 1. The van der Waals surface area contributed by atoms with E-state index in [0.717, 1.165) is 23.8 Å². The van der Waals surface area contributed by atoms with Gasteiger partial charge in [-0.05, 0) is 45.4 Å².